The first-order chi connectivity index (χ1) is 14.0. The first-order valence-corrected chi connectivity index (χ1v) is 13.9. The van der Waals surface area contributed by atoms with E-state index in [2.05, 4.69) is 136 Å². The van der Waals surface area contributed by atoms with E-state index >= 15 is 0 Å². The maximum absolute atomic E-state index is 2.63. The summed E-state index contributed by atoms with van der Waals surface area (Å²) >= 11 is -2.12. The molecule has 0 aliphatic carbocycles. The fourth-order valence-corrected chi connectivity index (χ4v) is 11.7. The topological polar surface area (TPSA) is 9.72 Å². The molecule has 1 radical (unpaired) electrons. The molecule has 0 saturated heterocycles. The van der Waals surface area contributed by atoms with E-state index in [1.807, 2.05) is 0 Å². The van der Waals surface area contributed by atoms with Crippen LogP contribution in [0.1, 0.15) is 16.7 Å². The molecule has 0 N–H and O–H groups in total. The van der Waals surface area contributed by atoms with Gasteiger partial charge in [-0.1, -0.05) is 0 Å². The summed E-state index contributed by atoms with van der Waals surface area (Å²) in [6.45, 7) is 0.941. The summed E-state index contributed by atoms with van der Waals surface area (Å²) in [4.78, 5) is 0. The molecule has 0 heterocycles. The van der Waals surface area contributed by atoms with Crippen molar-refractivity contribution in [2.24, 2.45) is 0 Å². The van der Waals surface area contributed by atoms with Crippen molar-refractivity contribution in [2.45, 2.75) is 5.41 Å². The second kappa shape index (κ2) is 9.90. The minimum absolute atomic E-state index is 0.226. The molecule has 0 saturated carbocycles. The monoisotopic (exact) mass is 494 g/mol. The predicted octanol–water partition coefficient (Wildman–Crippen LogP) is 4.06. The van der Waals surface area contributed by atoms with E-state index in [0.717, 1.165) is 6.54 Å². The molecule has 0 amide bonds. The SMILES string of the molecule is C[N](C)[Sn]([N](C)C)[N](C)CC(c1ccccc1)(c1ccccc1)c1ccccc1. The van der Waals surface area contributed by atoms with E-state index in [0.29, 0.717) is 0 Å². The van der Waals surface area contributed by atoms with Crippen molar-refractivity contribution in [3.05, 3.63) is 108 Å². The molecule has 0 aliphatic heterocycles. The van der Waals surface area contributed by atoms with Gasteiger partial charge in [-0.3, -0.25) is 0 Å². The van der Waals surface area contributed by atoms with Gasteiger partial charge in [0, 0.05) is 0 Å². The first kappa shape index (κ1) is 22.0. The van der Waals surface area contributed by atoms with Crippen LogP contribution in [0, 0.1) is 0 Å². The number of rotatable bonds is 8. The molecular formula is C25H32N3Sn. The van der Waals surface area contributed by atoms with Crippen LogP contribution in [-0.2, 0) is 5.41 Å². The average Bonchev–Trinajstić information content (AvgIpc) is 2.73. The molecule has 3 aromatic rings. The van der Waals surface area contributed by atoms with Gasteiger partial charge >= 0.3 is 185 Å². The third-order valence-corrected chi connectivity index (χ3v) is 12.4. The summed E-state index contributed by atoms with van der Waals surface area (Å²) in [6.07, 6.45) is 0. The zero-order chi connectivity index (χ0) is 20.9. The van der Waals surface area contributed by atoms with Gasteiger partial charge in [0.05, 0.1) is 0 Å². The minimum atomic E-state index is -2.12. The van der Waals surface area contributed by atoms with Crippen molar-refractivity contribution in [1.29, 1.82) is 0 Å². The van der Waals surface area contributed by atoms with E-state index in [-0.39, 0.29) is 5.41 Å². The van der Waals surface area contributed by atoms with Gasteiger partial charge < -0.3 is 0 Å². The maximum atomic E-state index is 2.63. The number of hydrogen-bond donors (Lipinski definition) is 0. The molecule has 0 unspecified atom stereocenters. The summed E-state index contributed by atoms with van der Waals surface area (Å²) in [5.41, 5.74) is 3.79. The average molecular weight is 493 g/mol. The zero-order valence-electron chi connectivity index (χ0n) is 18.2. The Hall–Kier alpha value is -1.66. The molecule has 0 spiro atoms. The van der Waals surface area contributed by atoms with Gasteiger partial charge in [0.25, 0.3) is 0 Å². The molecule has 4 heteroatoms. The molecule has 0 aromatic heterocycles. The van der Waals surface area contributed by atoms with Crippen LogP contribution in [0.3, 0.4) is 0 Å². The second-order valence-corrected chi connectivity index (χ2v) is 16.9. The summed E-state index contributed by atoms with van der Waals surface area (Å²) in [6, 6.07) is 33.0. The Labute approximate surface area is 184 Å². The van der Waals surface area contributed by atoms with Crippen LogP contribution in [0.2, 0.25) is 0 Å². The van der Waals surface area contributed by atoms with E-state index in [1.54, 1.807) is 0 Å². The summed E-state index contributed by atoms with van der Waals surface area (Å²) in [5, 5.41) is 0. The normalized spacial score (nSPS) is 12.3. The number of nitrogens with zero attached hydrogens (tertiary/aromatic N) is 3. The van der Waals surface area contributed by atoms with Crippen LogP contribution in [0.25, 0.3) is 0 Å². The standard InChI is InChI=1S/C21H20N.2C2H6N.Sn/c1-22-17-21(18-11-5-2-6-12-18,19-13-7-3-8-14-19)20-15-9-4-10-16-20;2*1-3-2;/h2-16H,17H2,1H3;2*1-2H3;/q3*-1;+3. The van der Waals surface area contributed by atoms with Crippen molar-refractivity contribution in [3.63, 3.8) is 0 Å². The predicted molar refractivity (Wildman–Crippen MR) is 125 cm³/mol. The van der Waals surface area contributed by atoms with Gasteiger partial charge in [-0.2, -0.15) is 0 Å². The Morgan fingerprint density at radius 3 is 1.14 bits per heavy atom. The quantitative estimate of drug-likeness (QED) is 0.347. The number of hydrogen-bond acceptors (Lipinski definition) is 3. The second-order valence-electron chi connectivity index (χ2n) is 7.95. The van der Waals surface area contributed by atoms with Gasteiger partial charge in [0.1, 0.15) is 0 Å². The van der Waals surface area contributed by atoms with Gasteiger partial charge in [-0.25, -0.2) is 0 Å². The Kier molecular flexibility index (Phi) is 7.52. The van der Waals surface area contributed by atoms with E-state index in [4.69, 9.17) is 0 Å². The molecule has 0 fully saturated rings. The Bertz CT molecular complexity index is 762. The van der Waals surface area contributed by atoms with Crippen molar-refractivity contribution in [1.82, 2.24) is 9.36 Å². The van der Waals surface area contributed by atoms with Crippen molar-refractivity contribution < 1.29 is 0 Å². The zero-order valence-corrected chi connectivity index (χ0v) is 21.1. The number of benzene rings is 3. The van der Waals surface area contributed by atoms with Crippen molar-refractivity contribution in [3.8, 4) is 0 Å². The summed E-state index contributed by atoms with van der Waals surface area (Å²) in [7, 11) is 11.2. The molecule has 3 aromatic carbocycles. The van der Waals surface area contributed by atoms with Crippen molar-refractivity contribution >= 4 is 20.6 Å². The summed E-state index contributed by atoms with van der Waals surface area (Å²) < 4.78 is 7.54. The van der Waals surface area contributed by atoms with Crippen LogP contribution in [0.15, 0.2) is 91.0 Å². The van der Waals surface area contributed by atoms with Gasteiger partial charge in [-0.15, -0.1) is 0 Å². The van der Waals surface area contributed by atoms with E-state index in [1.165, 1.54) is 16.7 Å². The molecule has 0 atom stereocenters. The molecule has 3 nitrogen and oxygen atoms in total. The Balaban J connectivity index is 2.23. The van der Waals surface area contributed by atoms with E-state index < -0.39 is 20.6 Å². The third-order valence-electron chi connectivity index (χ3n) is 5.42. The van der Waals surface area contributed by atoms with Crippen LogP contribution in [0.5, 0.6) is 0 Å². The van der Waals surface area contributed by atoms with Crippen LogP contribution in [-0.4, -0.2) is 71.7 Å². The molecule has 151 valence electrons. The molecule has 0 bridgehead atoms. The molecular weight excluding hydrogens is 461 g/mol. The van der Waals surface area contributed by atoms with Crippen molar-refractivity contribution in [2.75, 3.05) is 41.8 Å². The Morgan fingerprint density at radius 2 is 0.862 bits per heavy atom. The van der Waals surface area contributed by atoms with E-state index in [9.17, 15) is 0 Å². The fourth-order valence-electron chi connectivity index (χ4n) is 4.45. The summed E-state index contributed by atoms with van der Waals surface area (Å²) in [5.74, 6) is 0. The van der Waals surface area contributed by atoms with Gasteiger partial charge in [-0.05, 0) is 0 Å². The molecule has 0 aliphatic rings. The van der Waals surface area contributed by atoms with Crippen LogP contribution in [0.4, 0.5) is 0 Å². The van der Waals surface area contributed by atoms with Crippen LogP contribution < -0.4 is 0 Å². The molecule has 29 heavy (non-hydrogen) atoms. The Morgan fingerprint density at radius 1 is 0.552 bits per heavy atom. The van der Waals surface area contributed by atoms with Gasteiger partial charge in [0.2, 0.25) is 0 Å². The van der Waals surface area contributed by atoms with Gasteiger partial charge in [0.15, 0.2) is 0 Å². The fraction of sp³-hybridized carbons (Fsp3) is 0.280. The van der Waals surface area contributed by atoms with Crippen LogP contribution >= 0.6 is 0 Å². The third kappa shape index (κ3) is 4.75. The molecule has 3 rings (SSSR count). The number of likely N-dealkylation sites (N-methyl/N-ethyl adjacent to an activating group) is 1. The first-order valence-electron chi connectivity index (χ1n) is 10.1.